The van der Waals surface area contributed by atoms with Gasteiger partial charge in [0.05, 0.1) is 13.7 Å². The normalized spacial score (nSPS) is 17.1. The summed E-state index contributed by atoms with van der Waals surface area (Å²) in [5.41, 5.74) is 1.09. The maximum atomic E-state index is 5.16. The predicted molar refractivity (Wildman–Crippen MR) is 98.5 cm³/mol. The van der Waals surface area contributed by atoms with Crippen LogP contribution < -0.4 is 15.4 Å². The van der Waals surface area contributed by atoms with E-state index >= 15 is 0 Å². The van der Waals surface area contributed by atoms with Crippen LogP contribution in [0.1, 0.15) is 39.2 Å². The molecule has 1 aliphatic heterocycles. The number of aliphatic imine (C=N–C) groups is 1. The van der Waals surface area contributed by atoms with Crippen molar-refractivity contribution in [2.45, 2.75) is 52.2 Å². The Labute approximate surface area is 145 Å². The monoisotopic (exact) mass is 333 g/mol. The number of methoxy groups -OCH3 is 1. The van der Waals surface area contributed by atoms with Gasteiger partial charge in [0.15, 0.2) is 5.96 Å². The lowest BCUT2D eigenvalue weighted by atomic mass is 10.0. The highest BCUT2D eigenvalue weighted by Crippen LogP contribution is 2.13. The summed E-state index contributed by atoms with van der Waals surface area (Å²) >= 11 is 0. The van der Waals surface area contributed by atoms with E-state index in [9.17, 15) is 0 Å². The van der Waals surface area contributed by atoms with Crippen LogP contribution >= 0.6 is 0 Å². The molecule has 2 heterocycles. The largest absolute Gasteiger partial charge is 0.481 e. The quantitative estimate of drug-likeness (QED) is 0.616. The van der Waals surface area contributed by atoms with Crippen molar-refractivity contribution >= 4 is 5.96 Å². The Bertz CT molecular complexity index is 524. The fourth-order valence-electron chi connectivity index (χ4n) is 2.90. The van der Waals surface area contributed by atoms with E-state index in [0.717, 1.165) is 44.0 Å². The summed E-state index contributed by atoms with van der Waals surface area (Å²) in [6.07, 6.45) is 4.07. The zero-order valence-electron chi connectivity index (χ0n) is 15.4. The van der Waals surface area contributed by atoms with E-state index in [1.807, 2.05) is 12.1 Å². The molecule has 1 aromatic rings. The van der Waals surface area contributed by atoms with Crippen molar-refractivity contribution < 1.29 is 4.74 Å². The van der Waals surface area contributed by atoms with Crippen LogP contribution in [0.2, 0.25) is 0 Å². The summed E-state index contributed by atoms with van der Waals surface area (Å²) in [6, 6.07) is 5.02. The van der Waals surface area contributed by atoms with Gasteiger partial charge in [0.25, 0.3) is 0 Å². The van der Waals surface area contributed by atoms with Crippen LogP contribution in [-0.4, -0.2) is 54.7 Å². The van der Waals surface area contributed by atoms with Crippen LogP contribution in [0.3, 0.4) is 0 Å². The van der Waals surface area contributed by atoms with Crippen molar-refractivity contribution in [3.05, 3.63) is 23.9 Å². The Balaban J connectivity index is 1.91. The smallest absolute Gasteiger partial charge is 0.213 e. The Morgan fingerprint density at radius 1 is 1.42 bits per heavy atom. The van der Waals surface area contributed by atoms with Gasteiger partial charge in [0.2, 0.25) is 5.88 Å². The molecule has 134 valence electrons. The van der Waals surface area contributed by atoms with Crippen molar-refractivity contribution in [1.82, 2.24) is 20.5 Å². The number of hydrogen-bond donors (Lipinski definition) is 2. The standard InChI is InChI=1S/C18H31N5O/c1-5-19-18(21-13-15-6-9-20-17(12-15)24-4)22-16-7-10-23(11-8-16)14(2)3/h6,9,12,14,16H,5,7-8,10-11,13H2,1-4H3,(H2,19,21,22). The number of aromatic nitrogens is 1. The van der Waals surface area contributed by atoms with E-state index in [1.54, 1.807) is 13.3 Å². The van der Waals surface area contributed by atoms with Gasteiger partial charge in [-0.3, -0.25) is 0 Å². The molecule has 6 nitrogen and oxygen atoms in total. The minimum Gasteiger partial charge on any atom is -0.481 e. The minimum atomic E-state index is 0.491. The highest BCUT2D eigenvalue weighted by molar-refractivity contribution is 5.80. The summed E-state index contributed by atoms with van der Waals surface area (Å²) < 4.78 is 5.16. The van der Waals surface area contributed by atoms with Crippen LogP contribution in [0.4, 0.5) is 0 Å². The van der Waals surface area contributed by atoms with Gasteiger partial charge in [-0.15, -0.1) is 0 Å². The van der Waals surface area contributed by atoms with E-state index in [4.69, 9.17) is 9.73 Å². The molecule has 1 saturated heterocycles. The molecule has 1 fully saturated rings. The van der Waals surface area contributed by atoms with Gasteiger partial charge >= 0.3 is 0 Å². The van der Waals surface area contributed by atoms with Crippen LogP contribution in [0, 0.1) is 0 Å². The van der Waals surface area contributed by atoms with Gasteiger partial charge in [-0.1, -0.05) is 0 Å². The maximum absolute atomic E-state index is 5.16. The van der Waals surface area contributed by atoms with Crippen molar-refractivity contribution in [3.63, 3.8) is 0 Å². The molecule has 2 rings (SSSR count). The summed E-state index contributed by atoms with van der Waals surface area (Å²) in [5, 5.41) is 6.92. The summed E-state index contributed by atoms with van der Waals surface area (Å²) in [5.74, 6) is 1.51. The molecule has 0 atom stereocenters. The lowest BCUT2D eigenvalue weighted by Crippen LogP contribution is -2.49. The zero-order chi connectivity index (χ0) is 17.4. The van der Waals surface area contributed by atoms with Gasteiger partial charge in [-0.2, -0.15) is 0 Å². The molecule has 2 N–H and O–H groups in total. The van der Waals surface area contributed by atoms with Gasteiger partial charge in [-0.25, -0.2) is 9.98 Å². The first-order valence-corrected chi connectivity index (χ1v) is 8.90. The molecular weight excluding hydrogens is 302 g/mol. The zero-order valence-corrected chi connectivity index (χ0v) is 15.4. The van der Waals surface area contributed by atoms with Crippen LogP contribution in [0.25, 0.3) is 0 Å². The molecule has 6 heteroatoms. The summed E-state index contributed by atoms with van der Waals surface area (Å²) in [6.45, 7) is 10.4. The molecule has 24 heavy (non-hydrogen) atoms. The number of guanidine groups is 1. The molecule has 0 amide bonds. The molecule has 0 saturated carbocycles. The first-order chi connectivity index (χ1) is 11.6. The third-order valence-electron chi connectivity index (χ3n) is 4.37. The lowest BCUT2D eigenvalue weighted by Gasteiger charge is -2.35. The van der Waals surface area contributed by atoms with E-state index < -0.39 is 0 Å². The second-order valence-corrected chi connectivity index (χ2v) is 6.45. The third-order valence-corrected chi connectivity index (χ3v) is 4.37. The highest BCUT2D eigenvalue weighted by atomic mass is 16.5. The number of nitrogens with zero attached hydrogens (tertiary/aromatic N) is 3. The molecular formula is C18H31N5O. The number of ether oxygens (including phenoxy) is 1. The first-order valence-electron chi connectivity index (χ1n) is 8.90. The molecule has 0 spiro atoms. The molecule has 1 aliphatic rings. The van der Waals surface area contributed by atoms with E-state index in [-0.39, 0.29) is 0 Å². The van der Waals surface area contributed by atoms with Crippen LogP contribution in [-0.2, 0) is 6.54 Å². The number of rotatable bonds is 6. The second-order valence-electron chi connectivity index (χ2n) is 6.45. The van der Waals surface area contributed by atoms with E-state index in [2.05, 4.69) is 41.3 Å². The fraction of sp³-hybridized carbons (Fsp3) is 0.667. The summed E-state index contributed by atoms with van der Waals surface area (Å²) in [7, 11) is 1.63. The van der Waals surface area contributed by atoms with Crippen molar-refractivity contribution in [3.8, 4) is 5.88 Å². The Kier molecular flexibility index (Phi) is 7.31. The molecule has 0 aromatic carbocycles. The van der Waals surface area contributed by atoms with Gasteiger partial charge in [0, 0.05) is 44.0 Å². The minimum absolute atomic E-state index is 0.491. The average Bonchev–Trinajstić information content (AvgIpc) is 2.60. The highest BCUT2D eigenvalue weighted by Gasteiger charge is 2.21. The molecule has 0 aliphatic carbocycles. The maximum Gasteiger partial charge on any atom is 0.213 e. The number of pyridine rings is 1. The first kappa shape index (κ1) is 18.5. The SMILES string of the molecule is CCNC(=NCc1ccnc(OC)c1)NC1CCN(C(C)C)CC1. The lowest BCUT2D eigenvalue weighted by molar-refractivity contribution is 0.167. The average molecular weight is 333 g/mol. The number of piperidine rings is 1. The van der Waals surface area contributed by atoms with Crippen LogP contribution in [0.5, 0.6) is 5.88 Å². The van der Waals surface area contributed by atoms with Crippen molar-refractivity contribution in [1.29, 1.82) is 0 Å². The third kappa shape index (κ3) is 5.67. The van der Waals surface area contributed by atoms with Crippen molar-refractivity contribution in [2.24, 2.45) is 4.99 Å². The van der Waals surface area contributed by atoms with Gasteiger partial charge in [-0.05, 0) is 45.2 Å². The number of likely N-dealkylation sites (tertiary alicyclic amines) is 1. The van der Waals surface area contributed by atoms with E-state index in [0.29, 0.717) is 24.5 Å². The number of hydrogen-bond acceptors (Lipinski definition) is 4. The Morgan fingerprint density at radius 2 is 2.17 bits per heavy atom. The topological polar surface area (TPSA) is 61.8 Å². The summed E-state index contributed by atoms with van der Waals surface area (Å²) in [4.78, 5) is 11.4. The Morgan fingerprint density at radius 3 is 2.79 bits per heavy atom. The number of nitrogens with one attached hydrogen (secondary N) is 2. The van der Waals surface area contributed by atoms with Crippen molar-refractivity contribution in [2.75, 3.05) is 26.7 Å². The second kappa shape index (κ2) is 9.47. The Hall–Kier alpha value is -1.82. The van der Waals surface area contributed by atoms with Gasteiger partial charge in [0.1, 0.15) is 0 Å². The molecule has 0 radical (unpaired) electrons. The molecule has 1 aromatic heterocycles. The van der Waals surface area contributed by atoms with Crippen LogP contribution in [0.15, 0.2) is 23.3 Å². The molecule has 0 bridgehead atoms. The van der Waals surface area contributed by atoms with E-state index in [1.165, 1.54) is 0 Å². The van der Waals surface area contributed by atoms with Gasteiger partial charge < -0.3 is 20.3 Å². The molecule has 0 unspecified atom stereocenters. The predicted octanol–water partition coefficient (Wildman–Crippen LogP) is 2.02. The fourth-order valence-corrected chi connectivity index (χ4v) is 2.90.